The SMILES string of the molecule is CC(C)c1ccc(OCC(=O)NNC(=O)c2ccc3c(=O)n4c(nc3c2)CCC4)cc1. The van der Waals surface area contributed by atoms with E-state index in [-0.39, 0.29) is 12.2 Å². The first-order chi connectivity index (χ1) is 14.9. The number of benzene rings is 2. The molecule has 2 aromatic carbocycles. The second-order valence-electron chi connectivity index (χ2n) is 7.84. The van der Waals surface area contributed by atoms with Crippen LogP contribution in [-0.4, -0.2) is 28.0 Å². The highest BCUT2D eigenvalue weighted by Crippen LogP contribution is 2.18. The molecule has 0 saturated heterocycles. The highest BCUT2D eigenvalue weighted by atomic mass is 16.5. The van der Waals surface area contributed by atoms with Crippen LogP contribution in [0.4, 0.5) is 0 Å². The summed E-state index contributed by atoms with van der Waals surface area (Å²) in [5, 5.41) is 0.475. The number of hydrogen-bond acceptors (Lipinski definition) is 5. The summed E-state index contributed by atoms with van der Waals surface area (Å²) in [6, 6.07) is 12.2. The Labute approximate surface area is 179 Å². The standard InChI is InChI=1S/C23H24N4O4/c1-14(2)15-5-8-17(9-6-15)31-13-21(28)25-26-22(29)16-7-10-18-19(12-16)24-20-4-3-11-27(20)23(18)30/h5-10,12,14H,3-4,11,13H2,1-2H3,(H,25,28)(H,26,29). The second-order valence-corrected chi connectivity index (χ2v) is 7.84. The molecule has 1 aliphatic rings. The third-order valence-corrected chi connectivity index (χ3v) is 5.31. The Morgan fingerprint density at radius 1 is 1.13 bits per heavy atom. The fraction of sp³-hybridized carbons (Fsp3) is 0.304. The van der Waals surface area contributed by atoms with Crippen LogP contribution in [0.5, 0.6) is 5.75 Å². The number of carbonyl (C=O) groups excluding carboxylic acids is 2. The molecule has 0 atom stereocenters. The molecule has 160 valence electrons. The van der Waals surface area contributed by atoms with Gasteiger partial charge in [0.15, 0.2) is 6.61 Å². The van der Waals surface area contributed by atoms with E-state index in [0.29, 0.717) is 34.7 Å². The monoisotopic (exact) mass is 420 g/mol. The first-order valence-electron chi connectivity index (χ1n) is 10.3. The maximum atomic E-state index is 12.5. The molecule has 2 N–H and O–H groups in total. The maximum absolute atomic E-state index is 12.5. The second kappa shape index (κ2) is 8.59. The summed E-state index contributed by atoms with van der Waals surface area (Å²) in [5.41, 5.74) is 6.56. The van der Waals surface area contributed by atoms with Gasteiger partial charge in [0.2, 0.25) is 0 Å². The Kier molecular flexibility index (Phi) is 5.70. The zero-order valence-corrected chi connectivity index (χ0v) is 17.5. The minimum atomic E-state index is -0.501. The van der Waals surface area contributed by atoms with E-state index >= 15 is 0 Å². The molecular formula is C23H24N4O4. The molecule has 0 unspecified atom stereocenters. The molecule has 0 aliphatic carbocycles. The number of aromatic nitrogens is 2. The summed E-state index contributed by atoms with van der Waals surface area (Å²) in [4.78, 5) is 41.4. The number of hydrazine groups is 1. The molecule has 8 nitrogen and oxygen atoms in total. The number of carbonyl (C=O) groups is 2. The van der Waals surface area contributed by atoms with Gasteiger partial charge in [0.25, 0.3) is 17.4 Å². The summed E-state index contributed by atoms with van der Waals surface area (Å²) in [7, 11) is 0. The number of nitrogens with zero attached hydrogens (tertiary/aromatic N) is 2. The fourth-order valence-corrected chi connectivity index (χ4v) is 3.56. The van der Waals surface area contributed by atoms with E-state index in [4.69, 9.17) is 4.74 Å². The molecule has 31 heavy (non-hydrogen) atoms. The third-order valence-electron chi connectivity index (χ3n) is 5.31. The van der Waals surface area contributed by atoms with Crippen molar-refractivity contribution in [2.45, 2.75) is 39.2 Å². The Morgan fingerprint density at radius 3 is 2.65 bits per heavy atom. The van der Waals surface area contributed by atoms with Gasteiger partial charge >= 0.3 is 0 Å². The van der Waals surface area contributed by atoms with Gasteiger partial charge in [-0.1, -0.05) is 26.0 Å². The van der Waals surface area contributed by atoms with E-state index in [9.17, 15) is 14.4 Å². The molecule has 2 amide bonds. The normalized spacial score (nSPS) is 12.6. The predicted molar refractivity (Wildman–Crippen MR) is 116 cm³/mol. The summed E-state index contributed by atoms with van der Waals surface area (Å²) in [6.45, 7) is 4.64. The predicted octanol–water partition coefficient (Wildman–Crippen LogP) is 2.31. The van der Waals surface area contributed by atoms with Crippen molar-refractivity contribution in [3.8, 4) is 5.75 Å². The zero-order valence-electron chi connectivity index (χ0n) is 17.5. The van der Waals surface area contributed by atoms with Crippen LogP contribution in [0.15, 0.2) is 47.3 Å². The minimum Gasteiger partial charge on any atom is -0.484 e. The van der Waals surface area contributed by atoms with E-state index in [1.165, 1.54) is 5.56 Å². The van der Waals surface area contributed by atoms with Crippen LogP contribution in [0.2, 0.25) is 0 Å². The first kappa shape index (κ1) is 20.6. The van der Waals surface area contributed by atoms with Crippen molar-refractivity contribution < 1.29 is 14.3 Å². The lowest BCUT2D eigenvalue weighted by Crippen LogP contribution is -2.43. The highest BCUT2D eigenvalue weighted by molar-refractivity contribution is 5.98. The van der Waals surface area contributed by atoms with Crippen molar-refractivity contribution in [3.05, 3.63) is 69.8 Å². The summed E-state index contributed by atoms with van der Waals surface area (Å²) < 4.78 is 7.12. The van der Waals surface area contributed by atoms with Gasteiger partial charge in [0, 0.05) is 18.5 Å². The maximum Gasteiger partial charge on any atom is 0.276 e. The van der Waals surface area contributed by atoms with Crippen LogP contribution in [0.3, 0.4) is 0 Å². The molecule has 0 saturated carbocycles. The molecule has 2 heterocycles. The average molecular weight is 420 g/mol. The fourth-order valence-electron chi connectivity index (χ4n) is 3.56. The summed E-state index contributed by atoms with van der Waals surface area (Å²) >= 11 is 0. The number of aryl methyl sites for hydroxylation is 1. The Bertz CT molecular complexity index is 1200. The van der Waals surface area contributed by atoms with Crippen LogP contribution >= 0.6 is 0 Å². The Hall–Kier alpha value is -3.68. The van der Waals surface area contributed by atoms with Gasteiger partial charge in [0.05, 0.1) is 10.9 Å². The molecule has 0 spiro atoms. The Balaban J connectivity index is 1.35. The van der Waals surface area contributed by atoms with Crippen LogP contribution in [-0.2, 0) is 17.8 Å². The van der Waals surface area contributed by atoms with Crippen LogP contribution < -0.4 is 21.1 Å². The van der Waals surface area contributed by atoms with Gasteiger partial charge in [-0.15, -0.1) is 0 Å². The molecule has 4 rings (SSSR count). The lowest BCUT2D eigenvalue weighted by molar-refractivity contribution is -0.123. The highest BCUT2D eigenvalue weighted by Gasteiger charge is 2.17. The van der Waals surface area contributed by atoms with Gasteiger partial charge in [-0.25, -0.2) is 4.98 Å². The third kappa shape index (κ3) is 4.42. The van der Waals surface area contributed by atoms with Crippen LogP contribution in [0.25, 0.3) is 10.9 Å². The van der Waals surface area contributed by atoms with E-state index in [2.05, 4.69) is 29.7 Å². The quantitative estimate of drug-likeness (QED) is 0.617. The number of rotatable bonds is 5. The molecule has 1 aliphatic heterocycles. The molecule has 1 aromatic heterocycles. The first-order valence-corrected chi connectivity index (χ1v) is 10.3. The lowest BCUT2D eigenvalue weighted by Gasteiger charge is -2.10. The number of ether oxygens (including phenoxy) is 1. The van der Waals surface area contributed by atoms with Gasteiger partial charge in [-0.05, 0) is 48.2 Å². The molecule has 3 aromatic rings. The van der Waals surface area contributed by atoms with Gasteiger partial charge in [0.1, 0.15) is 11.6 Å². The smallest absolute Gasteiger partial charge is 0.276 e. The summed E-state index contributed by atoms with van der Waals surface area (Å²) in [6.07, 6.45) is 1.64. The number of nitrogens with one attached hydrogen (secondary N) is 2. The van der Waals surface area contributed by atoms with E-state index in [0.717, 1.165) is 18.7 Å². The molecule has 0 fully saturated rings. The van der Waals surface area contributed by atoms with Gasteiger partial charge in [-0.2, -0.15) is 0 Å². The topological polar surface area (TPSA) is 102 Å². The van der Waals surface area contributed by atoms with E-state index in [1.807, 2.05) is 24.3 Å². The number of hydrogen-bond donors (Lipinski definition) is 2. The van der Waals surface area contributed by atoms with Crippen molar-refractivity contribution in [2.75, 3.05) is 6.61 Å². The molecule has 0 bridgehead atoms. The van der Waals surface area contributed by atoms with E-state index in [1.54, 1.807) is 22.8 Å². The van der Waals surface area contributed by atoms with E-state index < -0.39 is 11.8 Å². The largest absolute Gasteiger partial charge is 0.484 e. The average Bonchev–Trinajstić information content (AvgIpc) is 3.25. The Morgan fingerprint density at radius 2 is 1.90 bits per heavy atom. The molecule has 8 heteroatoms. The van der Waals surface area contributed by atoms with Crippen molar-refractivity contribution in [1.29, 1.82) is 0 Å². The van der Waals surface area contributed by atoms with Gasteiger partial charge in [-0.3, -0.25) is 29.8 Å². The molecular weight excluding hydrogens is 396 g/mol. The van der Waals surface area contributed by atoms with Crippen molar-refractivity contribution in [2.24, 2.45) is 0 Å². The van der Waals surface area contributed by atoms with Crippen LogP contribution in [0.1, 0.15) is 47.9 Å². The summed E-state index contributed by atoms with van der Waals surface area (Å²) in [5.74, 6) is 0.736. The minimum absolute atomic E-state index is 0.0867. The van der Waals surface area contributed by atoms with Crippen molar-refractivity contribution >= 4 is 22.7 Å². The zero-order chi connectivity index (χ0) is 22.0. The lowest BCUT2D eigenvalue weighted by atomic mass is 10.0. The van der Waals surface area contributed by atoms with Crippen molar-refractivity contribution in [3.63, 3.8) is 0 Å². The number of fused-ring (bicyclic) bond motifs is 2. The van der Waals surface area contributed by atoms with Crippen molar-refractivity contribution in [1.82, 2.24) is 20.4 Å². The number of amides is 2. The van der Waals surface area contributed by atoms with Gasteiger partial charge < -0.3 is 4.74 Å². The van der Waals surface area contributed by atoms with Crippen LogP contribution in [0, 0.1) is 0 Å². The molecule has 0 radical (unpaired) electrons.